The van der Waals surface area contributed by atoms with Crippen molar-refractivity contribution in [2.45, 2.75) is 11.8 Å². The third kappa shape index (κ3) is 6.74. The van der Waals surface area contributed by atoms with Gasteiger partial charge in [0.2, 0.25) is 0 Å². The molecule has 0 heterocycles. The van der Waals surface area contributed by atoms with E-state index in [9.17, 15) is 18.8 Å². The molecule has 0 atom stereocenters. The zero-order valence-electron chi connectivity index (χ0n) is 14.6. The number of para-hydroxylation sites is 1. The van der Waals surface area contributed by atoms with E-state index in [1.54, 1.807) is 37.3 Å². The van der Waals surface area contributed by atoms with Crippen molar-refractivity contribution in [2.75, 3.05) is 24.3 Å². The lowest BCUT2D eigenvalue weighted by molar-refractivity contribution is -0.144. The van der Waals surface area contributed by atoms with Gasteiger partial charge in [0, 0.05) is 4.90 Å². The monoisotopic (exact) mass is 391 g/mol. The van der Waals surface area contributed by atoms with E-state index in [1.807, 2.05) is 0 Å². The number of hydrogen-bond acceptors (Lipinski definition) is 6. The first-order valence-electron chi connectivity index (χ1n) is 8.09. The number of carbonyl (C=O) groups excluding carboxylic acids is 3. The lowest BCUT2D eigenvalue weighted by Crippen LogP contribution is -2.23. The molecule has 0 unspecified atom stereocenters. The van der Waals surface area contributed by atoms with Gasteiger partial charge in [0.15, 0.2) is 6.61 Å². The second-order valence-electron chi connectivity index (χ2n) is 5.22. The molecular weight excluding hydrogens is 373 g/mol. The molecule has 0 saturated heterocycles. The highest BCUT2D eigenvalue weighted by atomic mass is 32.2. The molecule has 142 valence electrons. The normalized spacial score (nSPS) is 10.1. The molecule has 0 radical (unpaired) electrons. The largest absolute Gasteiger partial charge is 0.462 e. The second-order valence-corrected chi connectivity index (χ2v) is 6.27. The molecule has 0 bridgehead atoms. The fourth-order valence-corrected chi connectivity index (χ4v) is 2.72. The molecule has 2 aromatic rings. The first-order chi connectivity index (χ1) is 13.0. The lowest BCUT2D eigenvalue weighted by Gasteiger charge is -2.10. The molecule has 0 aliphatic carbocycles. The van der Waals surface area contributed by atoms with E-state index in [4.69, 9.17) is 9.47 Å². The molecule has 2 aromatic carbocycles. The Hall–Kier alpha value is -2.87. The molecule has 0 aromatic heterocycles. The van der Waals surface area contributed by atoms with E-state index in [2.05, 4.69) is 5.32 Å². The summed E-state index contributed by atoms with van der Waals surface area (Å²) in [6.45, 7) is 1.41. The summed E-state index contributed by atoms with van der Waals surface area (Å²) in [6.07, 6.45) is 0. The van der Waals surface area contributed by atoms with Crippen molar-refractivity contribution < 1.29 is 28.2 Å². The maximum absolute atomic E-state index is 12.8. The number of rotatable bonds is 8. The number of thioether (sulfide) groups is 1. The molecule has 0 spiro atoms. The summed E-state index contributed by atoms with van der Waals surface area (Å²) in [6, 6.07) is 12.1. The van der Waals surface area contributed by atoms with Gasteiger partial charge in [0.25, 0.3) is 5.91 Å². The number of halogens is 1. The average molecular weight is 391 g/mol. The van der Waals surface area contributed by atoms with Crippen LogP contribution in [0.4, 0.5) is 10.1 Å². The molecule has 1 amide bonds. The van der Waals surface area contributed by atoms with E-state index in [1.165, 1.54) is 30.0 Å². The average Bonchev–Trinajstić information content (AvgIpc) is 2.66. The van der Waals surface area contributed by atoms with Crippen LogP contribution in [0.15, 0.2) is 53.4 Å². The Kier molecular flexibility index (Phi) is 7.81. The van der Waals surface area contributed by atoms with Crippen LogP contribution in [0.3, 0.4) is 0 Å². The number of esters is 2. The quantitative estimate of drug-likeness (QED) is 0.549. The predicted octanol–water partition coefficient (Wildman–Crippen LogP) is 3.28. The summed E-state index contributed by atoms with van der Waals surface area (Å²) in [5, 5.41) is 2.52. The summed E-state index contributed by atoms with van der Waals surface area (Å²) in [7, 11) is 0. The first kappa shape index (κ1) is 20.4. The van der Waals surface area contributed by atoms with Gasteiger partial charge in [-0.3, -0.25) is 9.59 Å². The fraction of sp³-hybridized carbons (Fsp3) is 0.211. The van der Waals surface area contributed by atoms with Crippen LogP contribution < -0.4 is 5.32 Å². The molecule has 6 nitrogen and oxygen atoms in total. The van der Waals surface area contributed by atoms with Crippen molar-refractivity contribution in [3.63, 3.8) is 0 Å². The Balaban J connectivity index is 1.81. The first-order valence-corrected chi connectivity index (χ1v) is 9.08. The Morgan fingerprint density at radius 3 is 2.44 bits per heavy atom. The maximum atomic E-state index is 12.8. The number of carbonyl (C=O) groups is 3. The van der Waals surface area contributed by atoms with Crippen LogP contribution in [0.5, 0.6) is 0 Å². The maximum Gasteiger partial charge on any atom is 0.340 e. The Morgan fingerprint density at radius 2 is 1.74 bits per heavy atom. The summed E-state index contributed by atoms with van der Waals surface area (Å²) >= 11 is 1.17. The minimum absolute atomic E-state index is 0.0156. The summed E-state index contributed by atoms with van der Waals surface area (Å²) in [5.41, 5.74) is 0.489. The Morgan fingerprint density at radius 1 is 1.04 bits per heavy atom. The highest BCUT2D eigenvalue weighted by Gasteiger charge is 2.15. The fourth-order valence-electron chi connectivity index (χ4n) is 2.03. The number of benzene rings is 2. The smallest absolute Gasteiger partial charge is 0.340 e. The third-order valence-corrected chi connectivity index (χ3v) is 4.22. The van der Waals surface area contributed by atoms with Gasteiger partial charge in [-0.1, -0.05) is 12.1 Å². The summed E-state index contributed by atoms with van der Waals surface area (Å²) < 4.78 is 22.7. The van der Waals surface area contributed by atoms with Crippen molar-refractivity contribution in [3.05, 3.63) is 59.9 Å². The zero-order valence-corrected chi connectivity index (χ0v) is 15.4. The molecule has 0 aliphatic heterocycles. The van der Waals surface area contributed by atoms with Crippen LogP contribution in [0.2, 0.25) is 0 Å². The number of hydrogen-bond donors (Lipinski definition) is 1. The Bertz CT molecular complexity index is 810. The van der Waals surface area contributed by atoms with Crippen molar-refractivity contribution >= 4 is 35.3 Å². The van der Waals surface area contributed by atoms with Crippen molar-refractivity contribution in [1.29, 1.82) is 0 Å². The number of amides is 1. The van der Waals surface area contributed by atoms with E-state index < -0.39 is 24.5 Å². The van der Waals surface area contributed by atoms with Gasteiger partial charge < -0.3 is 14.8 Å². The number of nitrogens with one attached hydrogen (secondary N) is 1. The standard InChI is InChI=1S/C19H18FNO5S/c1-2-25-19(24)15-5-3-4-6-16(15)21-17(22)11-26-18(23)12-27-14-9-7-13(20)8-10-14/h3-10H,2,11-12H2,1H3,(H,21,22). The van der Waals surface area contributed by atoms with E-state index in [-0.39, 0.29) is 29.4 Å². The van der Waals surface area contributed by atoms with Gasteiger partial charge in [-0.2, -0.15) is 0 Å². The topological polar surface area (TPSA) is 81.7 Å². The molecule has 0 saturated carbocycles. The van der Waals surface area contributed by atoms with Crippen LogP contribution >= 0.6 is 11.8 Å². The summed E-state index contributed by atoms with van der Waals surface area (Å²) in [5.74, 6) is -2.09. The van der Waals surface area contributed by atoms with Gasteiger partial charge in [0.1, 0.15) is 5.82 Å². The van der Waals surface area contributed by atoms with E-state index >= 15 is 0 Å². The molecular formula is C19H18FNO5S. The highest BCUT2D eigenvalue weighted by Crippen LogP contribution is 2.18. The Labute approximate surface area is 160 Å². The predicted molar refractivity (Wildman–Crippen MR) is 99.1 cm³/mol. The number of ether oxygens (including phenoxy) is 2. The third-order valence-electron chi connectivity index (χ3n) is 3.23. The van der Waals surface area contributed by atoms with Crippen molar-refractivity contribution in [1.82, 2.24) is 0 Å². The molecule has 1 N–H and O–H groups in total. The zero-order chi connectivity index (χ0) is 19.6. The van der Waals surface area contributed by atoms with Crippen LogP contribution in [-0.4, -0.2) is 36.8 Å². The van der Waals surface area contributed by atoms with Crippen LogP contribution in [0.1, 0.15) is 17.3 Å². The molecule has 2 rings (SSSR count). The van der Waals surface area contributed by atoms with Gasteiger partial charge in [-0.15, -0.1) is 11.8 Å². The molecule has 27 heavy (non-hydrogen) atoms. The van der Waals surface area contributed by atoms with Crippen molar-refractivity contribution in [3.8, 4) is 0 Å². The van der Waals surface area contributed by atoms with Gasteiger partial charge >= 0.3 is 11.9 Å². The molecule has 0 fully saturated rings. The summed E-state index contributed by atoms with van der Waals surface area (Å²) in [4.78, 5) is 36.3. The lowest BCUT2D eigenvalue weighted by atomic mass is 10.2. The van der Waals surface area contributed by atoms with Gasteiger partial charge in [-0.25, -0.2) is 9.18 Å². The van der Waals surface area contributed by atoms with Crippen LogP contribution in [-0.2, 0) is 19.1 Å². The highest BCUT2D eigenvalue weighted by molar-refractivity contribution is 8.00. The van der Waals surface area contributed by atoms with Crippen molar-refractivity contribution in [2.24, 2.45) is 0 Å². The van der Waals surface area contributed by atoms with Crippen LogP contribution in [0, 0.1) is 5.82 Å². The second kappa shape index (κ2) is 10.3. The SMILES string of the molecule is CCOC(=O)c1ccccc1NC(=O)COC(=O)CSc1ccc(F)cc1. The minimum Gasteiger partial charge on any atom is -0.462 e. The number of anilines is 1. The van der Waals surface area contributed by atoms with E-state index in [0.717, 1.165) is 0 Å². The molecule has 8 heteroatoms. The van der Waals surface area contributed by atoms with Gasteiger partial charge in [-0.05, 0) is 43.3 Å². The van der Waals surface area contributed by atoms with Crippen LogP contribution in [0.25, 0.3) is 0 Å². The van der Waals surface area contributed by atoms with E-state index in [0.29, 0.717) is 4.90 Å². The minimum atomic E-state index is -0.585. The van der Waals surface area contributed by atoms with Gasteiger partial charge in [0.05, 0.1) is 23.6 Å². The molecule has 0 aliphatic rings.